The number of fused-ring (bicyclic) bond motifs is 1. The number of benzene rings is 2. The van der Waals surface area contributed by atoms with Crippen LogP contribution in [0.2, 0.25) is 0 Å². The maximum absolute atomic E-state index is 13.5. The quantitative estimate of drug-likeness (QED) is 0.554. The van der Waals surface area contributed by atoms with Gasteiger partial charge in [0.15, 0.2) is 0 Å². The first kappa shape index (κ1) is 17.2. The van der Waals surface area contributed by atoms with Crippen LogP contribution in [-0.2, 0) is 17.9 Å². The van der Waals surface area contributed by atoms with E-state index in [1.165, 1.54) is 24.5 Å². The Bertz CT molecular complexity index is 1060. The average molecular weight is 356 g/mol. The molecule has 0 bridgehead atoms. The number of nitro benzene ring substituents is 1. The van der Waals surface area contributed by atoms with Crippen LogP contribution in [0.1, 0.15) is 5.56 Å². The molecule has 0 saturated carbocycles. The number of aromatic nitrogens is 2. The van der Waals surface area contributed by atoms with Crippen LogP contribution in [0.4, 0.5) is 10.1 Å². The van der Waals surface area contributed by atoms with E-state index in [9.17, 15) is 24.1 Å². The fourth-order valence-electron chi connectivity index (χ4n) is 2.42. The van der Waals surface area contributed by atoms with Crippen molar-refractivity contribution in [1.82, 2.24) is 14.9 Å². The third kappa shape index (κ3) is 3.56. The highest BCUT2D eigenvalue weighted by Crippen LogP contribution is 2.16. The van der Waals surface area contributed by atoms with Gasteiger partial charge in [-0.05, 0) is 12.1 Å². The summed E-state index contributed by atoms with van der Waals surface area (Å²) in [7, 11) is 0. The number of hydrogen-bond acceptors (Lipinski definition) is 5. The summed E-state index contributed by atoms with van der Waals surface area (Å²) in [5, 5.41) is 13.4. The van der Waals surface area contributed by atoms with Crippen LogP contribution < -0.4 is 10.9 Å². The van der Waals surface area contributed by atoms with E-state index in [0.717, 1.165) is 10.6 Å². The Balaban J connectivity index is 1.79. The molecule has 1 amide bonds. The van der Waals surface area contributed by atoms with Gasteiger partial charge in [-0.3, -0.25) is 24.3 Å². The molecule has 0 aliphatic heterocycles. The molecule has 9 heteroatoms. The van der Waals surface area contributed by atoms with Crippen LogP contribution in [0.25, 0.3) is 10.9 Å². The van der Waals surface area contributed by atoms with Crippen molar-refractivity contribution < 1.29 is 14.1 Å². The lowest BCUT2D eigenvalue weighted by molar-refractivity contribution is -0.384. The second-order valence-electron chi connectivity index (χ2n) is 5.50. The molecule has 0 aliphatic rings. The molecule has 0 unspecified atom stereocenters. The number of amides is 1. The smallest absolute Gasteiger partial charge is 0.270 e. The van der Waals surface area contributed by atoms with Gasteiger partial charge in [0.25, 0.3) is 11.2 Å². The van der Waals surface area contributed by atoms with Gasteiger partial charge in [-0.15, -0.1) is 0 Å². The summed E-state index contributed by atoms with van der Waals surface area (Å²) in [6, 6.07) is 9.76. The first-order valence-electron chi connectivity index (χ1n) is 7.59. The van der Waals surface area contributed by atoms with E-state index in [0.29, 0.717) is 11.1 Å². The monoisotopic (exact) mass is 356 g/mol. The van der Waals surface area contributed by atoms with E-state index in [4.69, 9.17) is 0 Å². The number of hydrogen-bond donors (Lipinski definition) is 1. The van der Waals surface area contributed by atoms with Gasteiger partial charge in [0.05, 0.1) is 22.2 Å². The standard InChI is InChI=1S/C17H13FN4O4/c18-14-4-2-1-3-11(14)8-19-16(23)9-21-10-20-15-6-5-12(22(25)26)7-13(15)17(21)24/h1-7,10H,8-9H2,(H,19,23). The molecule has 1 aromatic heterocycles. The summed E-state index contributed by atoms with van der Waals surface area (Å²) in [5.74, 6) is -0.952. The van der Waals surface area contributed by atoms with Crippen molar-refractivity contribution >= 4 is 22.5 Å². The van der Waals surface area contributed by atoms with Crippen molar-refractivity contribution in [2.45, 2.75) is 13.1 Å². The van der Waals surface area contributed by atoms with Crippen molar-refractivity contribution in [3.8, 4) is 0 Å². The van der Waals surface area contributed by atoms with Gasteiger partial charge in [-0.2, -0.15) is 0 Å². The lowest BCUT2D eigenvalue weighted by atomic mass is 10.2. The molecule has 0 spiro atoms. The van der Waals surface area contributed by atoms with Crippen LogP contribution in [0.5, 0.6) is 0 Å². The molecule has 0 radical (unpaired) electrons. The molecule has 8 nitrogen and oxygen atoms in total. The Kier molecular flexibility index (Phi) is 4.70. The third-order valence-electron chi connectivity index (χ3n) is 3.77. The number of nitro groups is 1. The highest BCUT2D eigenvalue weighted by Gasteiger charge is 2.12. The normalized spacial score (nSPS) is 10.7. The van der Waals surface area contributed by atoms with Crippen LogP contribution >= 0.6 is 0 Å². The van der Waals surface area contributed by atoms with Gasteiger partial charge in [0, 0.05) is 24.2 Å². The van der Waals surface area contributed by atoms with E-state index in [1.807, 2.05) is 0 Å². The molecule has 1 heterocycles. The summed E-state index contributed by atoms with van der Waals surface area (Å²) in [5.41, 5.74) is -0.193. The summed E-state index contributed by atoms with van der Waals surface area (Å²) < 4.78 is 14.6. The number of carbonyl (C=O) groups is 1. The topological polar surface area (TPSA) is 107 Å². The zero-order valence-electron chi connectivity index (χ0n) is 13.4. The van der Waals surface area contributed by atoms with E-state index >= 15 is 0 Å². The zero-order chi connectivity index (χ0) is 18.7. The second kappa shape index (κ2) is 7.09. The van der Waals surface area contributed by atoms with Gasteiger partial charge in [0.1, 0.15) is 12.4 Å². The number of carbonyl (C=O) groups excluding carboxylic acids is 1. The second-order valence-corrected chi connectivity index (χ2v) is 5.50. The number of nitrogens with one attached hydrogen (secondary N) is 1. The SMILES string of the molecule is O=C(Cn1cnc2ccc([N+](=O)[O-])cc2c1=O)NCc1ccccc1F. The largest absolute Gasteiger partial charge is 0.350 e. The van der Waals surface area contributed by atoms with Crippen LogP contribution in [0.3, 0.4) is 0 Å². The van der Waals surface area contributed by atoms with Crippen LogP contribution in [-0.4, -0.2) is 20.4 Å². The van der Waals surface area contributed by atoms with Gasteiger partial charge >= 0.3 is 0 Å². The number of halogens is 1. The van der Waals surface area contributed by atoms with E-state index in [2.05, 4.69) is 10.3 Å². The minimum Gasteiger partial charge on any atom is -0.350 e. The number of rotatable bonds is 5. The lowest BCUT2D eigenvalue weighted by Crippen LogP contribution is -2.32. The van der Waals surface area contributed by atoms with Gasteiger partial charge in [-0.1, -0.05) is 18.2 Å². The average Bonchev–Trinajstić information content (AvgIpc) is 2.63. The Morgan fingerprint density at radius 2 is 2.04 bits per heavy atom. The third-order valence-corrected chi connectivity index (χ3v) is 3.77. The Morgan fingerprint density at radius 1 is 1.27 bits per heavy atom. The first-order chi connectivity index (χ1) is 12.5. The maximum Gasteiger partial charge on any atom is 0.270 e. The summed E-state index contributed by atoms with van der Waals surface area (Å²) >= 11 is 0. The summed E-state index contributed by atoms with van der Waals surface area (Å²) in [6.45, 7) is -0.355. The first-order valence-corrected chi connectivity index (χ1v) is 7.59. The summed E-state index contributed by atoms with van der Waals surface area (Å²) in [4.78, 5) is 38.7. The minimum atomic E-state index is -0.614. The predicted octanol–water partition coefficient (Wildman–Crippen LogP) is 1.76. The van der Waals surface area contributed by atoms with Crippen molar-refractivity contribution in [3.63, 3.8) is 0 Å². The molecular weight excluding hydrogens is 343 g/mol. The molecule has 0 fully saturated rings. The fraction of sp³-hybridized carbons (Fsp3) is 0.118. The molecule has 2 aromatic carbocycles. The van der Waals surface area contributed by atoms with Gasteiger partial charge < -0.3 is 5.32 Å². The van der Waals surface area contributed by atoms with Crippen molar-refractivity contribution in [3.05, 3.63) is 80.6 Å². The predicted molar refractivity (Wildman–Crippen MR) is 90.9 cm³/mol. The van der Waals surface area contributed by atoms with Gasteiger partial charge in [-0.25, -0.2) is 9.37 Å². The minimum absolute atomic E-state index is 0.0211. The number of non-ortho nitro benzene ring substituents is 1. The lowest BCUT2D eigenvalue weighted by Gasteiger charge is -2.08. The van der Waals surface area contributed by atoms with E-state index in [-0.39, 0.29) is 24.2 Å². The van der Waals surface area contributed by atoms with Crippen molar-refractivity contribution in [1.29, 1.82) is 0 Å². The number of nitrogens with zero attached hydrogens (tertiary/aromatic N) is 3. The van der Waals surface area contributed by atoms with Crippen LogP contribution in [0, 0.1) is 15.9 Å². The highest BCUT2D eigenvalue weighted by atomic mass is 19.1. The van der Waals surface area contributed by atoms with E-state index < -0.39 is 22.2 Å². The van der Waals surface area contributed by atoms with Crippen LogP contribution in [0.15, 0.2) is 53.6 Å². The molecule has 0 aliphatic carbocycles. The Hall–Kier alpha value is -3.62. The fourth-order valence-corrected chi connectivity index (χ4v) is 2.42. The molecule has 3 aromatic rings. The molecule has 132 valence electrons. The zero-order valence-corrected chi connectivity index (χ0v) is 13.4. The molecule has 0 atom stereocenters. The summed E-state index contributed by atoms with van der Waals surface area (Å²) in [6.07, 6.45) is 1.19. The Morgan fingerprint density at radius 3 is 2.77 bits per heavy atom. The molecule has 3 rings (SSSR count). The Labute approximate surface area is 146 Å². The molecular formula is C17H13FN4O4. The molecule has 0 saturated heterocycles. The van der Waals surface area contributed by atoms with Crippen molar-refractivity contribution in [2.24, 2.45) is 0 Å². The van der Waals surface area contributed by atoms with E-state index in [1.54, 1.807) is 18.2 Å². The molecule has 26 heavy (non-hydrogen) atoms. The maximum atomic E-state index is 13.5. The molecule has 1 N–H and O–H groups in total. The highest BCUT2D eigenvalue weighted by molar-refractivity contribution is 5.80. The van der Waals surface area contributed by atoms with Crippen molar-refractivity contribution in [2.75, 3.05) is 0 Å². The van der Waals surface area contributed by atoms with Gasteiger partial charge in [0.2, 0.25) is 5.91 Å².